The van der Waals surface area contributed by atoms with E-state index in [1.165, 1.54) is 0 Å². The topological polar surface area (TPSA) is 87.2 Å². The maximum atomic E-state index is 13.0. The average molecular weight is 393 g/mol. The van der Waals surface area contributed by atoms with Crippen LogP contribution in [0.25, 0.3) is 0 Å². The Labute approximate surface area is 158 Å². The lowest BCUT2D eigenvalue weighted by atomic mass is 10.1. The molecule has 0 aromatic heterocycles. The maximum absolute atomic E-state index is 13.0. The minimum absolute atomic E-state index is 0.0448. The number of carbonyl (C=O) groups excluding carboxylic acids is 2. The van der Waals surface area contributed by atoms with Gasteiger partial charge in [0.25, 0.3) is 11.8 Å². The monoisotopic (exact) mass is 393 g/mol. The van der Waals surface area contributed by atoms with Crippen LogP contribution in [-0.4, -0.2) is 85.0 Å². The fourth-order valence-electron chi connectivity index (χ4n) is 3.63. The van der Waals surface area contributed by atoms with Gasteiger partial charge in [0.1, 0.15) is 11.8 Å². The Bertz CT molecular complexity index is 825. The van der Waals surface area contributed by atoms with Crippen LogP contribution in [0.2, 0.25) is 0 Å². The molecule has 1 aromatic rings. The molecule has 2 amide bonds. The second-order valence-electron chi connectivity index (χ2n) is 7.17. The number of hydrogen-bond donors (Lipinski definition) is 0. The third kappa shape index (κ3) is 3.79. The highest BCUT2D eigenvalue weighted by Gasteiger charge is 2.48. The van der Waals surface area contributed by atoms with E-state index < -0.39 is 22.0 Å². The number of amides is 2. The molecule has 4 rings (SSSR count). The van der Waals surface area contributed by atoms with E-state index in [9.17, 15) is 18.0 Å². The third-order valence-electron chi connectivity index (χ3n) is 5.27. The summed E-state index contributed by atoms with van der Waals surface area (Å²) in [6.45, 7) is 1.38. The molecule has 2 saturated heterocycles. The smallest absolute Gasteiger partial charge is 0.260 e. The van der Waals surface area contributed by atoms with Gasteiger partial charge in [-0.3, -0.25) is 14.5 Å². The number of carbonyl (C=O) groups is 2. The first-order valence-corrected chi connectivity index (χ1v) is 10.8. The van der Waals surface area contributed by atoms with Gasteiger partial charge in [0.15, 0.2) is 6.61 Å². The van der Waals surface area contributed by atoms with E-state index in [1.54, 1.807) is 17.0 Å². The quantitative estimate of drug-likeness (QED) is 0.711. The zero-order valence-electron chi connectivity index (χ0n) is 15.0. The Kier molecular flexibility index (Phi) is 4.81. The van der Waals surface area contributed by atoms with Crippen LogP contribution in [0.15, 0.2) is 30.3 Å². The summed E-state index contributed by atoms with van der Waals surface area (Å²) < 4.78 is 31.6. The Hall–Kier alpha value is -2.13. The Morgan fingerprint density at radius 1 is 1.11 bits per heavy atom. The molecule has 0 radical (unpaired) electrons. The standard InChI is InChI=1S/C18H23N3O5S/c22-17(13-26-15-4-2-1-3-5-15)20-9-8-19-10-11-27(24,25)21(14-6-7-14)18(23)16(19)12-20/h1-5,14,16H,6-13H2/t16-/m0/s1. The first-order valence-electron chi connectivity index (χ1n) is 9.21. The van der Waals surface area contributed by atoms with Crippen molar-refractivity contribution in [1.82, 2.24) is 14.1 Å². The van der Waals surface area contributed by atoms with Gasteiger partial charge in [-0.1, -0.05) is 18.2 Å². The van der Waals surface area contributed by atoms with Crippen molar-refractivity contribution in [3.05, 3.63) is 30.3 Å². The molecule has 0 N–H and O–H groups in total. The molecular weight excluding hydrogens is 370 g/mol. The summed E-state index contributed by atoms with van der Waals surface area (Å²) in [6, 6.07) is 8.28. The second-order valence-corrected chi connectivity index (χ2v) is 9.14. The number of para-hydroxylation sites is 1. The molecule has 3 fully saturated rings. The summed E-state index contributed by atoms with van der Waals surface area (Å²) >= 11 is 0. The van der Waals surface area contributed by atoms with Crippen molar-refractivity contribution >= 4 is 21.8 Å². The average Bonchev–Trinajstić information content (AvgIpc) is 3.50. The van der Waals surface area contributed by atoms with Gasteiger partial charge in [0, 0.05) is 32.2 Å². The van der Waals surface area contributed by atoms with Crippen LogP contribution in [0.4, 0.5) is 0 Å². The lowest BCUT2D eigenvalue weighted by molar-refractivity contribution is -0.141. The van der Waals surface area contributed by atoms with Crippen LogP contribution in [0.1, 0.15) is 12.8 Å². The minimum Gasteiger partial charge on any atom is -0.484 e. The van der Waals surface area contributed by atoms with Crippen LogP contribution in [0.3, 0.4) is 0 Å². The SMILES string of the molecule is O=C(COc1ccccc1)N1CCN2CCS(=O)(=O)N(C3CC3)C(=O)[C@@H]2C1. The van der Waals surface area contributed by atoms with E-state index in [2.05, 4.69) is 0 Å². The summed E-state index contributed by atoms with van der Waals surface area (Å²) in [6.07, 6.45) is 1.45. The summed E-state index contributed by atoms with van der Waals surface area (Å²) in [5.74, 6) is -0.0227. The van der Waals surface area contributed by atoms with Gasteiger partial charge in [-0.25, -0.2) is 12.7 Å². The van der Waals surface area contributed by atoms with Crippen LogP contribution < -0.4 is 4.74 Å². The third-order valence-corrected chi connectivity index (χ3v) is 7.04. The molecule has 27 heavy (non-hydrogen) atoms. The maximum Gasteiger partial charge on any atom is 0.260 e. The van der Waals surface area contributed by atoms with Gasteiger partial charge in [0.2, 0.25) is 10.0 Å². The first-order chi connectivity index (χ1) is 13.0. The summed E-state index contributed by atoms with van der Waals surface area (Å²) in [4.78, 5) is 29.0. The molecule has 1 aromatic carbocycles. The van der Waals surface area contributed by atoms with Gasteiger partial charge in [0.05, 0.1) is 5.75 Å². The second kappa shape index (κ2) is 7.12. The van der Waals surface area contributed by atoms with Crippen LogP contribution in [0, 0.1) is 0 Å². The van der Waals surface area contributed by atoms with Gasteiger partial charge in [-0.2, -0.15) is 0 Å². The molecule has 0 bridgehead atoms. The first kappa shape index (κ1) is 18.2. The van der Waals surface area contributed by atoms with Crippen LogP contribution >= 0.6 is 0 Å². The molecule has 8 nitrogen and oxygen atoms in total. The summed E-state index contributed by atoms with van der Waals surface area (Å²) in [5, 5.41) is 0. The predicted octanol–water partition coefficient (Wildman–Crippen LogP) is -0.0874. The number of sulfonamides is 1. The van der Waals surface area contributed by atoms with E-state index in [1.807, 2.05) is 23.1 Å². The van der Waals surface area contributed by atoms with Crippen molar-refractivity contribution in [1.29, 1.82) is 0 Å². The van der Waals surface area contributed by atoms with Crippen molar-refractivity contribution in [2.75, 3.05) is 38.5 Å². The molecule has 0 unspecified atom stereocenters. The normalized spacial score (nSPS) is 25.6. The van der Waals surface area contributed by atoms with Crippen molar-refractivity contribution in [3.8, 4) is 5.75 Å². The number of nitrogens with zero attached hydrogens (tertiary/aromatic N) is 3. The highest BCUT2D eigenvalue weighted by atomic mass is 32.2. The fourth-order valence-corrected chi connectivity index (χ4v) is 5.36. The van der Waals surface area contributed by atoms with E-state index in [-0.39, 0.29) is 30.9 Å². The lowest BCUT2D eigenvalue weighted by Gasteiger charge is -2.39. The zero-order valence-corrected chi connectivity index (χ0v) is 15.8. The van der Waals surface area contributed by atoms with Crippen LogP contribution in [-0.2, 0) is 19.6 Å². The number of ether oxygens (including phenoxy) is 1. The molecule has 0 spiro atoms. The van der Waals surface area contributed by atoms with Gasteiger partial charge in [-0.05, 0) is 25.0 Å². The summed E-state index contributed by atoms with van der Waals surface area (Å²) in [5.41, 5.74) is 0. The van der Waals surface area contributed by atoms with Crippen molar-refractivity contribution in [2.24, 2.45) is 0 Å². The van der Waals surface area contributed by atoms with Gasteiger partial charge in [-0.15, -0.1) is 0 Å². The number of rotatable bonds is 4. The number of hydrogen-bond acceptors (Lipinski definition) is 6. The largest absolute Gasteiger partial charge is 0.484 e. The molecule has 1 atom stereocenters. The number of benzene rings is 1. The zero-order chi connectivity index (χ0) is 19.0. The molecule has 9 heteroatoms. The van der Waals surface area contributed by atoms with E-state index in [0.29, 0.717) is 25.4 Å². The Morgan fingerprint density at radius 2 is 1.85 bits per heavy atom. The minimum atomic E-state index is -3.57. The molecular formula is C18H23N3O5S. The van der Waals surface area contributed by atoms with Crippen molar-refractivity contribution < 1.29 is 22.7 Å². The van der Waals surface area contributed by atoms with Gasteiger partial charge < -0.3 is 9.64 Å². The highest BCUT2D eigenvalue weighted by Crippen LogP contribution is 2.32. The molecule has 2 aliphatic heterocycles. The van der Waals surface area contributed by atoms with Crippen molar-refractivity contribution in [2.45, 2.75) is 24.9 Å². The molecule has 2 heterocycles. The lowest BCUT2D eigenvalue weighted by Crippen LogP contribution is -2.60. The molecule has 1 saturated carbocycles. The molecule has 1 aliphatic carbocycles. The van der Waals surface area contributed by atoms with Crippen molar-refractivity contribution in [3.63, 3.8) is 0 Å². The fraction of sp³-hybridized carbons (Fsp3) is 0.556. The summed E-state index contributed by atoms with van der Waals surface area (Å²) in [7, 11) is -3.57. The Morgan fingerprint density at radius 3 is 2.56 bits per heavy atom. The predicted molar refractivity (Wildman–Crippen MR) is 97.5 cm³/mol. The van der Waals surface area contributed by atoms with E-state index in [0.717, 1.165) is 17.1 Å². The van der Waals surface area contributed by atoms with Gasteiger partial charge >= 0.3 is 0 Å². The molecule has 3 aliphatic rings. The van der Waals surface area contributed by atoms with Crippen LogP contribution in [0.5, 0.6) is 5.75 Å². The number of fused-ring (bicyclic) bond motifs is 1. The van der Waals surface area contributed by atoms with E-state index in [4.69, 9.17) is 4.74 Å². The Balaban J connectivity index is 1.44. The number of piperazine rings is 1. The highest BCUT2D eigenvalue weighted by molar-refractivity contribution is 7.89. The molecule has 146 valence electrons. The van der Waals surface area contributed by atoms with E-state index >= 15 is 0 Å².